The Hall–Kier alpha value is -2.12. The Morgan fingerprint density at radius 3 is 2.38 bits per heavy atom. The molecule has 0 radical (unpaired) electrons. The van der Waals surface area contributed by atoms with Crippen molar-refractivity contribution in [1.82, 2.24) is 10.2 Å². The lowest BCUT2D eigenvalue weighted by molar-refractivity contribution is 0.00673. The minimum absolute atomic E-state index is 0.125. The number of primary amides is 1. The Bertz CT molecular complexity index is 553. The lowest BCUT2D eigenvalue weighted by Crippen LogP contribution is -2.51. The Morgan fingerprint density at radius 1 is 1.21 bits per heavy atom. The van der Waals surface area contributed by atoms with Gasteiger partial charge in [0.2, 0.25) is 0 Å². The second kappa shape index (κ2) is 8.65. The summed E-state index contributed by atoms with van der Waals surface area (Å²) < 4.78 is 5.40. The molecule has 1 atom stereocenters. The summed E-state index contributed by atoms with van der Waals surface area (Å²) in [4.78, 5) is 25.5. The van der Waals surface area contributed by atoms with Crippen molar-refractivity contribution in [3.05, 3.63) is 29.8 Å². The number of benzene rings is 1. The van der Waals surface area contributed by atoms with E-state index in [-0.39, 0.29) is 11.9 Å². The second-order valence-electron chi connectivity index (χ2n) is 6.24. The van der Waals surface area contributed by atoms with Gasteiger partial charge in [-0.25, -0.2) is 4.79 Å². The van der Waals surface area contributed by atoms with Gasteiger partial charge in [-0.2, -0.15) is 0 Å². The Morgan fingerprint density at radius 2 is 1.83 bits per heavy atom. The molecule has 1 aliphatic rings. The molecule has 2 rings (SSSR count). The highest BCUT2D eigenvalue weighted by Gasteiger charge is 2.24. The first-order valence-corrected chi connectivity index (χ1v) is 8.24. The summed E-state index contributed by atoms with van der Waals surface area (Å²) in [6, 6.07) is 6.30. The van der Waals surface area contributed by atoms with Crippen LogP contribution < -0.4 is 16.4 Å². The molecule has 132 valence electrons. The van der Waals surface area contributed by atoms with E-state index in [9.17, 15) is 9.59 Å². The average molecular weight is 334 g/mol. The second-order valence-corrected chi connectivity index (χ2v) is 6.24. The Balaban J connectivity index is 1.91. The number of hydrogen-bond acceptors (Lipinski definition) is 4. The van der Waals surface area contributed by atoms with E-state index in [1.54, 1.807) is 24.3 Å². The van der Waals surface area contributed by atoms with Gasteiger partial charge in [0, 0.05) is 36.9 Å². The maximum Gasteiger partial charge on any atom is 0.316 e. The molecular weight excluding hydrogens is 308 g/mol. The molecule has 0 saturated carbocycles. The minimum atomic E-state index is -0.627. The van der Waals surface area contributed by atoms with Gasteiger partial charge in [0.05, 0.1) is 13.2 Å². The van der Waals surface area contributed by atoms with Gasteiger partial charge >= 0.3 is 6.03 Å². The number of nitrogens with one attached hydrogen (secondary N) is 2. The van der Waals surface area contributed by atoms with Crippen molar-refractivity contribution < 1.29 is 14.3 Å². The van der Waals surface area contributed by atoms with Crippen LogP contribution in [0.25, 0.3) is 0 Å². The van der Waals surface area contributed by atoms with Crippen molar-refractivity contribution in [2.75, 3.05) is 38.2 Å². The van der Waals surface area contributed by atoms with Crippen LogP contribution in [0.3, 0.4) is 0 Å². The predicted octanol–water partition coefficient (Wildman–Crippen LogP) is 1.26. The molecule has 3 amide bonds. The summed E-state index contributed by atoms with van der Waals surface area (Å²) in [5.41, 5.74) is 6.17. The van der Waals surface area contributed by atoms with E-state index in [1.165, 1.54) is 0 Å². The number of nitrogens with zero attached hydrogens (tertiary/aromatic N) is 1. The molecule has 7 nitrogen and oxygen atoms in total. The number of ether oxygens (including phenoxy) is 1. The Kier molecular flexibility index (Phi) is 6.57. The third-order valence-corrected chi connectivity index (χ3v) is 4.17. The van der Waals surface area contributed by atoms with Crippen molar-refractivity contribution in [1.29, 1.82) is 0 Å². The maximum atomic E-state index is 12.3. The molecule has 1 fully saturated rings. The fourth-order valence-corrected chi connectivity index (χ4v) is 2.84. The van der Waals surface area contributed by atoms with Gasteiger partial charge in [0.15, 0.2) is 0 Å². The molecular formula is C17H26N4O3. The standard InChI is InChI=1S/C17H26N4O3/c1-12(2)15(21-7-9-24-10-8-21)11-19-16(22)13-3-5-14(6-4-13)20-17(18)23/h3-6,12,15H,7-11H2,1-2H3,(H,19,22)(H3,18,20,23). The maximum absolute atomic E-state index is 12.3. The third-order valence-electron chi connectivity index (χ3n) is 4.17. The molecule has 1 heterocycles. The zero-order chi connectivity index (χ0) is 17.5. The molecule has 1 aromatic carbocycles. The zero-order valence-electron chi connectivity index (χ0n) is 14.2. The molecule has 24 heavy (non-hydrogen) atoms. The molecule has 0 spiro atoms. The van der Waals surface area contributed by atoms with E-state index in [4.69, 9.17) is 10.5 Å². The molecule has 0 aromatic heterocycles. The third kappa shape index (κ3) is 5.21. The fraction of sp³-hybridized carbons (Fsp3) is 0.529. The highest BCUT2D eigenvalue weighted by Crippen LogP contribution is 2.13. The van der Waals surface area contributed by atoms with E-state index in [1.807, 2.05) is 0 Å². The van der Waals surface area contributed by atoms with E-state index >= 15 is 0 Å². The van der Waals surface area contributed by atoms with Crippen LogP contribution in [-0.4, -0.2) is 55.7 Å². The number of rotatable bonds is 6. The van der Waals surface area contributed by atoms with Crippen LogP contribution in [0.1, 0.15) is 24.2 Å². The first-order chi connectivity index (χ1) is 11.5. The van der Waals surface area contributed by atoms with E-state index < -0.39 is 6.03 Å². The van der Waals surface area contributed by atoms with Crippen LogP contribution >= 0.6 is 0 Å². The van der Waals surface area contributed by atoms with E-state index in [2.05, 4.69) is 29.4 Å². The first kappa shape index (κ1) is 18.2. The highest BCUT2D eigenvalue weighted by molar-refractivity contribution is 5.95. The van der Waals surface area contributed by atoms with E-state index in [0.717, 1.165) is 26.3 Å². The highest BCUT2D eigenvalue weighted by atomic mass is 16.5. The molecule has 7 heteroatoms. The normalized spacial score (nSPS) is 16.6. The van der Waals surface area contributed by atoms with Crippen LogP contribution in [0.4, 0.5) is 10.5 Å². The summed E-state index contributed by atoms with van der Waals surface area (Å²) in [6.07, 6.45) is 0. The molecule has 0 aliphatic carbocycles. The summed E-state index contributed by atoms with van der Waals surface area (Å²) in [5.74, 6) is 0.310. The SMILES string of the molecule is CC(C)C(CNC(=O)c1ccc(NC(N)=O)cc1)N1CCOCC1. The molecule has 4 N–H and O–H groups in total. The van der Waals surface area contributed by atoms with Crippen molar-refractivity contribution in [3.8, 4) is 0 Å². The van der Waals surface area contributed by atoms with Gasteiger partial charge in [-0.1, -0.05) is 13.8 Å². The van der Waals surface area contributed by atoms with Crippen LogP contribution in [-0.2, 0) is 4.74 Å². The minimum Gasteiger partial charge on any atom is -0.379 e. The largest absolute Gasteiger partial charge is 0.379 e. The summed E-state index contributed by atoms with van der Waals surface area (Å²) >= 11 is 0. The van der Waals surface area contributed by atoms with Gasteiger partial charge in [-0.05, 0) is 30.2 Å². The number of carbonyl (C=O) groups is 2. The zero-order valence-corrected chi connectivity index (χ0v) is 14.2. The van der Waals surface area contributed by atoms with Crippen molar-refractivity contribution in [3.63, 3.8) is 0 Å². The number of urea groups is 1. The van der Waals surface area contributed by atoms with Crippen molar-refractivity contribution in [2.24, 2.45) is 11.7 Å². The number of nitrogens with two attached hydrogens (primary N) is 1. The smallest absolute Gasteiger partial charge is 0.316 e. The van der Waals surface area contributed by atoms with Gasteiger partial charge < -0.3 is 21.1 Å². The monoisotopic (exact) mass is 334 g/mol. The van der Waals surface area contributed by atoms with Crippen molar-refractivity contribution >= 4 is 17.6 Å². The van der Waals surface area contributed by atoms with Gasteiger partial charge in [-0.15, -0.1) is 0 Å². The van der Waals surface area contributed by atoms with Gasteiger partial charge in [-0.3, -0.25) is 9.69 Å². The number of carbonyl (C=O) groups excluding carboxylic acids is 2. The van der Waals surface area contributed by atoms with Crippen LogP contribution in [0.15, 0.2) is 24.3 Å². The number of hydrogen-bond donors (Lipinski definition) is 3. The fourth-order valence-electron chi connectivity index (χ4n) is 2.84. The summed E-state index contributed by atoms with van der Waals surface area (Å²) in [6.45, 7) is 8.19. The van der Waals surface area contributed by atoms with Crippen LogP contribution in [0.2, 0.25) is 0 Å². The number of amides is 3. The lowest BCUT2D eigenvalue weighted by atomic mass is 10.0. The average Bonchev–Trinajstić information content (AvgIpc) is 2.55. The van der Waals surface area contributed by atoms with E-state index in [0.29, 0.717) is 23.7 Å². The van der Waals surface area contributed by atoms with Gasteiger partial charge in [0.25, 0.3) is 5.91 Å². The molecule has 1 unspecified atom stereocenters. The predicted molar refractivity (Wildman–Crippen MR) is 93.0 cm³/mol. The topological polar surface area (TPSA) is 96.7 Å². The van der Waals surface area contributed by atoms with Crippen LogP contribution in [0.5, 0.6) is 0 Å². The van der Waals surface area contributed by atoms with Crippen molar-refractivity contribution in [2.45, 2.75) is 19.9 Å². The van der Waals surface area contributed by atoms with Gasteiger partial charge in [0.1, 0.15) is 0 Å². The number of anilines is 1. The quantitative estimate of drug-likeness (QED) is 0.730. The number of morpholine rings is 1. The molecule has 0 bridgehead atoms. The molecule has 1 aliphatic heterocycles. The molecule has 1 aromatic rings. The first-order valence-electron chi connectivity index (χ1n) is 8.24. The molecule has 1 saturated heterocycles. The summed E-state index contributed by atoms with van der Waals surface area (Å²) in [5, 5.41) is 5.47. The summed E-state index contributed by atoms with van der Waals surface area (Å²) in [7, 11) is 0. The van der Waals surface area contributed by atoms with Crippen LogP contribution in [0, 0.1) is 5.92 Å². The lowest BCUT2D eigenvalue weighted by Gasteiger charge is -2.36. The Labute approximate surface area is 142 Å².